The second kappa shape index (κ2) is 5.44. The first-order chi connectivity index (χ1) is 11.3. The van der Waals surface area contributed by atoms with Crippen LogP contribution in [0, 0.1) is 5.82 Å². The summed E-state index contributed by atoms with van der Waals surface area (Å²) < 4.78 is 21.7. The minimum absolute atomic E-state index is 0.0839. The standard InChI is InChI=1S/C16H13FN4O2/c17-15-11-4-6-21(9-22)13(11)1-2-14(15)23-16-10-3-5-18-7-12(10)19-8-20-16/h1-2,4,6,8-9,18H,3,5,7H2. The lowest BCUT2D eigenvalue weighted by Gasteiger charge is -2.18. The lowest BCUT2D eigenvalue weighted by molar-refractivity contribution is 0.418. The number of hydrogen-bond acceptors (Lipinski definition) is 5. The van der Waals surface area contributed by atoms with E-state index in [4.69, 9.17) is 4.74 Å². The van der Waals surface area contributed by atoms with Crippen molar-refractivity contribution in [3.05, 3.63) is 47.8 Å². The maximum Gasteiger partial charge on any atom is 0.225 e. The maximum absolute atomic E-state index is 14.6. The molecule has 3 aromatic rings. The van der Waals surface area contributed by atoms with Gasteiger partial charge in [-0.15, -0.1) is 0 Å². The second-order valence-corrected chi connectivity index (χ2v) is 5.27. The molecule has 1 N–H and O–H groups in total. The quantitative estimate of drug-likeness (QED) is 0.750. The molecule has 0 saturated heterocycles. The molecule has 0 unspecified atom stereocenters. The van der Waals surface area contributed by atoms with Gasteiger partial charge in [0.15, 0.2) is 11.6 Å². The molecule has 0 fully saturated rings. The number of ether oxygens (including phenoxy) is 1. The molecule has 0 radical (unpaired) electrons. The fraction of sp³-hybridized carbons (Fsp3) is 0.188. The molecule has 116 valence electrons. The Labute approximate surface area is 130 Å². The van der Waals surface area contributed by atoms with Crippen LogP contribution in [0.5, 0.6) is 11.6 Å². The molecule has 2 aromatic heterocycles. The highest BCUT2D eigenvalue weighted by molar-refractivity contribution is 5.87. The Balaban J connectivity index is 1.76. The first-order valence-electron chi connectivity index (χ1n) is 7.23. The number of hydrogen-bond donors (Lipinski definition) is 1. The number of aromatic nitrogens is 3. The van der Waals surface area contributed by atoms with Crippen LogP contribution in [0.2, 0.25) is 0 Å². The van der Waals surface area contributed by atoms with Gasteiger partial charge in [-0.1, -0.05) is 0 Å². The monoisotopic (exact) mass is 312 g/mol. The summed E-state index contributed by atoms with van der Waals surface area (Å²) >= 11 is 0. The summed E-state index contributed by atoms with van der Waals surface area (Å²) in [6.07, 6.45) is 4.30. The van der Waals surface area contributed by atoms with Crippen molar-refractivity contribution in [1.29, 1.82) is 0 Å². The van der Waals surface area contributed by atoms with E-state index in [2.05, 4.69) is 15.3 Å². The highest BCUT2D eigenvalue weighted by Gasteiger charge is 2.19. The van der Waals surface area contributed by atoms with Gasteiger partial charge in [0.2, 0.25) is 12.3 Å². The highest BCUT2D eigenvalue weighted by Crippen LogP contribution is 2.32. The summed E-state index contributed by atoms with van der Waals surface area (Å²) in [7, 11) is 0. The van der Waals surface area contributed by atoms with Crippen LogP contribution in [0.15, 0.2) is 30.7 Å². The van der Waals surface area contributed by atoms with E-state index < -0.39 is 5.82 Å². The van der Waals surface area contributed by atoms with Crippen LogP contribution in [0.4, 0.5) is 4.39 Å². The van der Waals surface area contributed by atoms with Crippen molar-refractivity contribution in [1.82, 2.24) is 19.9 Å². The molecule has 7 heteroatoms. The number of benzene rings is 1. The Morgan fingerprint density at radius 2 is 2.22 bits per heavy atom. The molecule has 0 amide bonds. The van der Waals surface area contributed by atoms with Crippen molar-refractivity contribution in [2.45, 2.75) is 13.0 Å². The number of nitrogens with zero attached hydrogens (tertiary/aromatic N) is 3. The summed E-state index contributed by atoms with van der Waals surface area (Å²) in [6, 6.07) is 4.70. The zero-order valence-electron chi connectivity index (χ0n) is 12.1. The van der Waals surface area contributed by atoms with Gasteiger partial charge < -0.3 is 10.1 Å². The number of carbonyl (C=O) groups is 1. The van der Waals surface area contributed by atoms with Crippen molar-refractivity contribution < 1.29 is 13.9 Å². The number of halogens is 1. The van der Waals surface area contributed by atoms with Crippen LogP contribution in [0.25, 0.3) is 10.9 Å². The van der Waals surface area contributed by atoms with E-state index in [1.807, 2.05) is 0 Å². The Hall–Kier alpha value is -2.80. The summed E-state index contributed by atoms with van der Waals surface area (Å²) in [6.45, 7) is 1.46. The van der Waals surface area contributed by atoms with Crippen LogP contribution >= 0.6 is 0 Å². The minimum Gasteiger partial charge on any atom is -0.436 e. The number of carbonyl (C=O) groups excluding carboxylic acids is 1. The zero-order chi connectivity index (χ0) is 15.8. The Bertz CT molecular complexity index is 906. The Kier molecular flexibility index (Phi) is 3.27. The average Bonchev–Trinajstić information content (AvgIpc) is 3.01. The number of nitrogens with one attached hydrogen (secondary N) is 1. The topological polar surface area (TPSA) is 69.0 Å². The molecule has 0 spiro atoms. The van der Waals surface area contributed by atoms with Gasteiger partial charge >= 0.3 is 0 Å². The third-order valence-electron chi connectivity index (χ3n) is 3.96. The van der Waals surface area contributed by atoms with E-state index in [-0.39, 0.29) is 5.75 Å². The molecule has 0 saturated carbocycles. The predicted molar refractivity (Wildman–Crippen MR) is 81.6 cm³/mol. The molecule has 1 aliphatic rings. The first kappa shape index (κ1) is 13.8. The summed E-state index contributed by atoms with van der Waals surface area (Å²) in [4.78, 5) is 19.3. The Morgan fingerprint density at radius 3 is 3.09 bits per heavy atom. The van der Waals surface area contributed by atoms with Crippen LogP contribution in [0.1, 0.15) is 11.3 Å². The van der Waals surface area contributed by atoms with Gasteiger partial charge in [-0.3, -0.25) is 9.36 Å². The van der Waals surface area contributed by atoms with Gasteiger partial charge in [0, 0.05) is 23.7 Å². The summed E-state index contributed by atoms with van der Waals surface area (Å²) in [5.74, 6) is -0.0467. The SMILES string of the molecule is O=Cn1ccc2c(F)c(Oc3ncnc4c3CCNC4)ccc21. The van der Waals surface area contributed by atoms with E-state index in [0.29, 0.717) is 29.7 Å². The van der Waals surface area contributed by atoms with Gasteiger partial charge in [-0.2, -0.15) is 0 Å². The van der Waals surface area contributed by atoms with Gasteiger partial charge in [0.05, 0.1) is 11.2 Å². The first-order valence-corrected chi connectivity index (χ1v) is 7.23. The third kappa shape index (κ3) is 2.25. The van der Waals surface area contributed by atoms with Crippen molar-refractivity contribution in [2.75, 3.05) is 6.54 Å². The normalized spacial score (nSPS) is 13.8. The fourth-order valence-electron chi connectivity index (χ4n) is 2.80. The van der Waals surface area contributed by atoms with Crippen LogP contribution in [-0.2, 0) is 17.8 Å². The van der Waals surface area contributed by atoms with Crippen molar-refractivity contribution in [3.63, 3.8) is 0 Å². The fourth-order valence-corrected chi connectivity index (χ4v) is 2.80. The maximum atomic E-state index is 14.6. The number of fused-ring (bicyclic) bond motifs is 2. The molecule has 0 aliphatic carbocycles. The molecular weight excluding hydrogens is 299 g/mol. The number of rotatable bonds is 3. The third-order valence-corrected chi connectivity index (χ3v) is 3.96. The van der Waals surface area contributed by atoms with Crippen molar-refractivity contribution in [2.24, 2.45) is 0 Å². The van der Waals surface area contributed by atoms with Crippen molar-refractivity contribution in [3.8, 4) is 11.6 Å². The molecule has 0 bridgehead atoms. The molecule has 23 heavy (non-hydrogen) atoms. The zero-order valence-corrected chi connectivity index (χ0v) is 12.1. The van der Waals surface area contributed by atoms with E-state index in [9.17, 15) is 9.18 Å². The molecule has 0 atom stereocenters. The molecule has 6 nitrogen and oxygen atoms in total. The van der Waals surface area contributed by atoms with Gasteiger partial charge in [-0.25, -0.2) is 14.4 Å². The minimum atomic E-state index is -0.510. The van der Waals surface area contributed by atoms with Crippen LogP contribution in [0.3, 0.4) is 0 Å². The van der Waals surface area contributed by atoms with E-state index in [0.717, 1.165) is 24.2 Å². The summed E-state index contributed by atoms with van der Waals surface area (Å²) in [5.41, 5.74) is 2.27. The molecule has 3 heterocycles. The van der Waals surface area contributed by atoms with E-state index in [1.165, 1.54) is 23.2 Å². The smallest absolute Gasteiger partial charge is 0.225 e. The largest absolute Gasteiger partial charge is 0.436 e. The van der Waals surface area contributed by atoms with Gasteiger partial charge in [0.25, 0.3) is 0 Å². The molecule has 4 rings (SSSR count). The van der Waals surface area contributed by atoms with Crippen molar-refractivity contribution >= 4 is 17.3 Å². The molecular formula is C16H13FN4O2. The predicted octanol–water partition coefficient (Wildman–Crippen LogP) is 2.05. The summed E-state index contributed by atoms with van der Waals surface area (Å²) in [5, 5.41) is 3.55. The lowest BCUT2D eigenvalue weighted by Crippen LogP contribution is -2.25. The lowest BCUT2D eigenvalue weighted by atomic mass is 10.1. The van der Waals surface area contributed by atoms with Crippen LogP contribution in [-0.4, -0.2) is 27.5 Å². The van der Waals surface area contributed by atoms with Gasteiger partial charge in [-0.05, 0) is 31.2 Å². The molecule has 1 aromatic carbocycles. The highest BCUT2D eigenvalue weighted by atomic mass is 19.1. The van der Waals surface area contributed by atoms with E-state index >= 15 is 0 Å². The second-order valence-electron chi connectivity index (χ2n) is 5.27. The van der Waals surface area contributed by atoms with Gasteiger partial charge in [0.1, 0.15) is 6.33 Å². The van der Waals surface area contributed by atoms with Crippen LogP contribution < -0.4 is 10.1 Å². The van der Waals surface area contributed by atoms with E-state index in [1.54, 1.807) is 12.1 Å². The molecule has 1 aliphatic heterocycles. The average molecular weight is 312 g/mol. The Morgan fingerprint density at radius 1 is 1.30 bits per heavy atom.